The average Bonchev–Trinajstić information content (AvgIpc) is 2.68. The lowest BCUT2D eigenvalue weighted by Crippen LogP contribution is -1.95. The van der Waals surface area contributed by atoms with E-state index in [-0.39, 0.29) is 5.56 Å². The molecule has 0 spiro atoms. The second-order valence-corrected chi connectivity index (χ2v) is 6.25. The van der Waals surface area contributed by atoms with Gasteiger partial charge in [-0.15, -0.1) is 0 Å². The first kappa shape index (κ1) is 20.6. The number of rotatable bonds is 5. The first-order chi connectivity index (χ1) is 13.1. The number of hydrogen-bond donors (Lipinski definition) is 1. The number of benzene rings is 3. The van der Waals surface area contributed by atoms with Gasteiger partial charge in [0.1, 0.15) is 11.6 Å². The van der Waals surface area contributed by atoms with Crippen LogP contribution in [0.1, 0.15) is 25.3 Å². The zero-order valence-electron chi connectivity index (χ0n) is 15.1. The molecule has 138 valence electrons. The van der Waals surface area contributed by atoms with Gasteiger partial charge >= 0.3 is 0 Å². The summed E-state index contributed by atoms with van der Waals surface area (Å²) in [4.78, 5) is 0. The molecule has 0 aliphatic heterocycles. The predicted octanol–water partition coefficient (Wildman–Crippen LogP) is 7.31. The van der Waals surface area contributed by atoms with Gasteiger partial charge in [0.15, 0.2) is 0 Å². The van der Waals surface area contributed by atoms with Crippen molar-refractivity contribution in [2.24, 2.45) is 0 Å². The van der Waals surface area contributed by atoms with Crippen LogP contribution in [0.4, 0.5) is 8.78 Å². The molecule has 3 aromatic carbocycles. The molecule has 1 N–H and O–H groups in total. The van der Waals surface area contributed by atoms with Crippen LogP contribution in [-0.2, 0) is 6.42 Å². The molecule has 3 rings (SSSR count). The second kappa shape index (κ2) is 10.5. The Morgan fingerprint density at radius 3 is 2.11 bits per heavy atom. The Morgan fingerprint density at radius 2 is 1.52 bits per heavy atom. The van der Waals surface area contributed by atoms with Crippen LogP contribution in [0.25, 0.3) is 22.3 Å². The molecule has 1 nitrogen and oxygen atoms in total. The fourth-order valence-corrected chi connectivity index (χ4v) is 2.96. The van der Waals surface area contributed by atoms with Crippen LogP contribution in [-0.4, -0.2) is 5.16 Å². The molecule has 0 fully saturated rings. The smallest absolute Gasteiger partial charge is 0.133 e. The maximum atomic E-state index is 14.3. The number of thiocarbonyl (C=S) groups is 1. The van der Waals surface area contributed by atoms with E-state index in [4.69, 9.17) is 5.41 Å². The largest absolute Gasteiger partial charge is 0.248 e. The summed E-state index contributed by atoms with van der Waals surface area (Å²) in [5.41, 5.74) is 3.66. The van der Waals surface area contributed by atoms with Gasteiger partial charge in [-0.1, -0.05) is 67.9 Å². The molecule has 0 bridgehead atoms. The fraction of sp³-hybridized carbons (Fsp3) is 0.174. The van der Waals surface area contributed by atoms with Crippen LogP contribution in [0, 0.1) is 17.0 Å². The second-order valence-electron chi connectivity index (χ2n) is 6.05. The minimum absolute atomic E-state index is 0.0402. The highest BCUT2D eigenvalue weighted by atomic mass is 32.1. The van der Waals surface area contributed by atoms with Crippen molar-refractivity contribution in [3.05, 3.63) is 83.9 Å². The van der Waals surface area contributed by atoms with Crippen LogP contribution < -0.4 is 0 Å². The van der Waals surface area contributed by atoms with E-state index in [0.717, 1.165) is 30.4 Å². The van der Waals surface area contributed by atoms with Crippen molar-refractivity contribution < 1.29 is 8.78 Å². The maximum Gasteiger partial charge on any atom is 0.133 e. The van der Waals surface area contributed by atoms with Gasteiger partial charge in [0.05, 0.1) is 10.7 Å². The van der Waals surface area contributed by atoms with Crippen LogP contribution >= 0.6 is 12.2 Å². The lowest BCUT2D eigenvalue weighted by Gasteiger charge is -2.14. The highest BCUT2D eigenvalue weighted by molar-refractivity contribution is 7.78. The van der Waals surface area contributed by atoms with Crippen LogP contribution in [0.15, 0.2) is 66.7 Å². The van der Waals surface area contributed by atoms with Crippen molar-refractivity contribution in [3.63, 3.8) is 0 Å². The number of nitrogens with one attached hydrogen (secondary N) is 1. The Balaban J connectivity index is 0.000000817. The normalized spacial score (nSPS) is 9.89. The fourth-order valence-electron chi connectivity index (χ4n) is 2.96. The lowest BCUT2D eigenvalue weighted by atomic mass is 9.91. The summed E-state index contributed by atoms with van der Waals surface area (Å²) in [6, 6.07) is 19.6. The monoisotopic (exact) mass is 381 g/mol. The molecule has 0 aliphatic rings. The zero-order valence-corrected chi connectivity index (χ0v) is 16.0. The van der Waals surface area contributed by atoms with Crippen LogP contribution in [0.3, 0.4) is 0 Å². The number of halogens is 2. The van der Waals surface area contributed by atoms with Gasteiger partial charge < -0.3 is 0 Å². The SMILES string of the molecule is CCCCc1ccc(-c2c(F)cccc2F)c(-c2ccccc2)c1.N=C=S. The Labute approximate surface area is 164 Å². The Hall–Kier alpha value is -2.68. The molecule has 3 aromatic rings. The van der Waals surface area contributed by atoms with Crippen molar-refractivity contribution in [1.82, 2.24) is 0 Å². The highest BCUT2D eigenvalue weighted by Gasteiger charge is 2.16. The van der Waals surface area contributed by atoms with Crippen molar-refractivity contribution >= 4 is 17.4 Å². The molecule has 0 aromatic heterocycles. The van der Waals surface area contributed by atoms with E-state index in [1.807, 2.05) is 42.5 Å². The zero-order chi connectivity index (χ0) is 19.6. The van der Waals surface area contributed by atoms with E-state index in [2.05, 4.69) is 25.2 Å². The Kier molecular flexibility index (Phi) is 8.00. The number of hydrogen-bond acceptors (Lipinski definition) is 2. The molecular formula is C23H21F2NS. The lowest BCUT2D eigenvalue weighted by molar-refractivity contribution is 0.589. The topological polar surface area (TPSA) is 23.9 Å². The van der Waals surface area contributed by atoms with Gasteiger partial charge in [-0.2, -0.15) is 0 Å². The molecule has 0 radical (unpaired) electrons. The van der Waals surface area contributed by atoms with E-state index < -0.39 is 11.6 Å². The standard InChI is InChI=1S/C22H20F2.CHNS/c1-2-3-8-16-13-14-18(22-20(23)11-7-12-21(22)24)19(15-16)17-9-5-4-6-10-17;2-1-3/h4-7,9-15H,2-3,8H2,1H3;2H. The minimum Gasteiger partial charge on any atom is -0.248 e. The third kappa shape index (κ3) is 5.40. The van der Waals surface area contributed by atoms with Crippen LogP contribution in [0.5, 0.6) is 0 Å². The number of isothiocyanates is 1. The quantitative estimate of drug-likeness (QED) is 0.363. The van der Waals surface area contributed by atoms with E-state index >= 15 is 0 Å². The molecule has 0 unspecified atom stereocenters. The van der Waals surface area contributed by atoms with Gasteiger partial charge in [0.2, 0.25) is 0 Å². The van der Waals surface area contributed by atoms with Gasteiger partial charge in [-0.3, -0.25) is 0 Å². The van der Waals surface area contributed by atoms with Gasteiger partial charge in [0.25, 0.3) is 0 Å². The van der Waals surface area contributed by atoms with Gasteiger partial charge in [0, 0.05) is 0 Å². The molecule has 27 heavy (non-hydrogen) atoms. The van der Waals surface area contributed by atoms with Crippen molar-refractivity contribution in [3.8, 4) is 22.3 Å². The summed E-state index contributed by atoms with van der Waals surface area (Å²) in [5.74, 6) is -1.07. The van der Waals surface area contributed by atoms with Crippen molar-refractivity contribution in [2.75, 3.05) is 0 Å². The Morgan fingerprint density at radius 1 is 0.889 bits per heavy atom. The molecule has 0 atom stereocenters. The molecule has 0 amide bonds. The molecular weight excluding hydrogens is 360 g/mol. The number of unbranched alkanes of at least 4 members (excludes halogenated alkanes) is 1. The molecule has 0 heterocycles. The average molecular weight is 381 g/mol. The van der Waals surface area contributed by atoms with Gasteiger partial charge in [-0.05, 0) is 59.4 Å². The predicted molar refractivity (Wildman–Crippen MR) is 111 cm³/mol. The summed E-state index contributed by atoms with van der Waals surface area (Å²) in [6.45, 7) is 2.15. The summed E-state index contributed by atoms with van der Waals surface area (Å²) in [6.07, 6.45) is 3.18. The molecule has 4 heteroatoms. The highest BCUT2D eigenvalue weighted by Crippen LogP contribution is 2.36. The third-order valence-electron chi connectivity index (χ3n) is 4.22. The molecule has 0 saturated heterocycles. The van der Waals surface area contributed by atoms with Crippen molar-refractivity contribution in [1.29, 1.82) is 5.41 Å². The number of aryl methyl sites for hydroxylation is 1. The first-order valence-corrected chi connectivity index (χ1v) is 9.19. The third-order valence-corrected chi connectivity index (χ3v) is 4.22. The Bertz CT molecular complexity index is 897. The van der Waals surface area contributed by atoms with Gasteiger partial charge in [-0.25, -0.2) is 14.2 Å². The first-order valence-electron chi connectivity index (χ1n) is 8.79. The maximum absolute atomic E-state index is 14.3. The van der Waals surface area contributed by atoms with E-state index in [1.54, 1.807) is 5.16 Å². The summed E-state index contributed by atoms with van der Waals surface area (Å²) in [5, 5.41) is 7.36. The van der Waals surface area contributed by atoms with Crippen molar-refractivity contribution in [2.45, 2.75) is 26.2 Å². The summed E-state index contributed by atoms with van der Waals surface area (Å²) < 4.78 is 28.6. The molecule has 0 aliphatic carbocycles. The summed E-state index contributed by atoms with van der Waals surface area (Å²) in [7, 11) is 0. The summed E-state index contributed by atoms with van der Waals surface area (Å²) >= 11 is 3.81. The van der Waals surface area contributed by atoms with E-state index in [1.165, 1.54) is 23.8 Å². The van der Waals surface area contributed by atoms with Crippen LogP contribution in [0.2, 0.25) is 0 Å². The van der Waals surface area contributed by atoms with E-state index in [0.29, 0.717) is 5.56 Å². The van der Waals surface area contributed by atoms with E-state index in [9.17, 15) is 8.78 Å². The minimum atomic E-state index is -0.534. The molecule has 0 saturated carbocycles.